The largest absolute Gasteiger partial charge is 0.344 e. The Morgan fingerprint density at radius 1 is 1.06 bits per heavy atom. The van der Waals surface area contributed by atoms with Crippen LogP contribution in [0.5, 0.6) is 0 Å². The molecule has 2 nitrogen and oxygen atoms in total. The monoisotopic (exact) mass is 236 g/mol. The molecule has 0 spiro atoms. The summed E-state index contributed by atoms with van der Waals surface area (Å²) in [5.41, 5.74) is 4.04. The minimum absolute atomic E-state index is 0.694. The van der Waals surface area contributed by atoms with Crippen LogP contribution in [0.25, 0.3) is 0 Å². The van der Waals surface area contributed by atoms with Gasteiger partial charge in [-0.05, 0) is 36.2 Å². The van der Waals surface area contributed by atoms with Crippen molar-refractivity contribution in [2.45, 2.75) is 13.3 Å². The maximum Gasteiger partial charge on any atom is 0.101 e. The van der Waals surface area contributed by atoms with Crippen LogP contribution in [0.2, 0.25) is 0 Å². The zero-order valence-electron chi connectivity index (χ0n) is 10.7. The first-order valence-electron chi connectivity index (χ1n) is 6.08. The third-order valence-corrected chi connectivity index (χ3v) is 3.12. The summed E-state index contributed by atoms with van der Waals surface area (Å²) in [6.07, 6.45) is 1.04. The molecule has 0 aromatic heterocycles. The van der Waals surface area contributed by atoms with E-state index in [1.165, 1.54) is 5.56 Å². The molecule has 0 N–H and O–H groups in total. The molecule has 0 saturated carbocycles. The fourth-order valence-electron chi connectivity index (χ4n) is 1.96. The van der Waals surface area contributed by atoms with Crippen molar-refractivity contribution in [2.75, 3.05) is 11.9 Å². The fourth-order valence-corrected chi connectivity index (χ4v) is 1.96. The molecule has 0 saturated heterocycles. The highest BCUT2D eigenvalue weighted by Crippen LogP contribution is 2.26. The van der Waals surface area contributed by atoms with E-state index in [-0.39, 0.29) is 0 Å². The third kappa shape index (κ3) is 2.36. The molecular formula is C16H16N2. The van der Waals surface area contributed by atoms with Crippen molar-refractivity contribution in [3.05, 3.63) is 59.7 Å². The van der Waals surface area contributed by atoms with E-state index in [0.29, 0.717) is 5.56 Å². The van der Waals surface area contributed by atoms with E-state index in [9.17, 15) is 0 Å². The summed E-state index contributed by atoms with van der Waals surface area (Å²) in [7, 11) is 1.98. The van der Waals surface area contributed by atoms with Gasteiger partial charge in [-0.2, -0.15) is 5.26 Å². The van der Waals surface area contributed by atoms with E-state index < -0.39 is 0 Å². The molecule has 0 amide bonds. The Morgan fingerprint density at radius 2 is 1.72 bits per heavy atom. The molecule has 0 aliphatic heterocycles. The van der Waals surface area contributed by atoms with Crippen LogP contribution in [0, 0.1) is 11.3 Å². The molecule has 2 aromatic rings. The van der Waals surface area contributed by atoms with Gasteiger partial charge in [0.2, 0.25) is 0 Å². The molecule has 0 bridgehead atoms. The van der Waals surface area contributed by atoms with Crippen LogP contribution < -0.4 is 4.90 Å². The van der Waals surface area contributed by atoms with Crippen molar-refractivity contribution >= 4 is 11.4 Å². The maximum atomic E-state index is 9.12. The molecule has 90 valence electrons. The molecule has 2 heteroatoms. The summed E-state index contributed by atoms with van der Waals surface area (Å²) in [4.78, 5) is 2.04. The second-order valence-electron chi connectivity index (χ2n) is 4.21. The molecule has 0 aliphatic carbocycles. The van der Waals surface area contributed by atoms with Gasteiger partial charge in [0.05, 0.1) is 11.3 Å². The molecule has 0 unspecified atom stereocenters. The van der Waals surface area contributed by atoms with Crippen molar-refractivity contribution in [3.8, 4) is 6.07 Å². The molecule has 18 heavy (non-hydrogen) atoms. The van der Waals surface area contributed by atoms with Crippen LogP contribution in [-0.4, -0.2) is 7.05 Å². The number of hydrogen-bond donors (Lipinski definition) is 0. The Kier molecular flexibility index (Phi) is 3.64. The van der Waals surface area contributed by atoms with Crippen molar-refractivity contribution < 1.29 is 0 Å². The number of aryl methyl sites for hydroxylation is 1. The summed E-state index contributed by atoms with van der Waals surface area (Å²) in [6.45, 7) is 2.14. The number of para-hydroxylation sites is 1. The van der Waals surface area contributed by atoms with Gasteiger partial charge in [0.25, 0.3) is 0 Å². The van der Waals surface area contributed by atoms with Gasteiger partial charge in [0, 0.05) is 12.7 Å². The van der Waals surface area contributed by atoms with Crippen LogP contribution >= 0.6 is 0 Å². The number of hydrogen-bond acceptors (Lipinski definition) is 2. The van der Waals surface area contributed by atoms with Crippen LogP contribution in [-0.2, 0) is 6.42 Å². The average molecular weight is 236 g/mol. The molecule has 0 atom stereocenters. The Balaban J connectivity index is 2.35. The summed E-state index contributed by atoms with van der Waals surface area (Å²) in [5.74, 6) is 0. The highest BCUT2D eigenvalue weighted by Gasteiger charge is 2.08. The number of rotatable bonds is 3. The van der Waals surface area contributed by atoms with Gasteiger partial charge in [-0.1, -0.05) is 31.2 Å². The normalized spacial score (nSPS) is 9.83. The quantitative estimate of drug-likeness (QED) is 0.808. The Labute approximate surface area is 108 Å². The van der Waals surface area contributed by atoms with Gasteiger partial charge in [-0.25, -0.2) is 0 Å². The van der Waals surface area contributed by atoms with Crippen LogP contribution in [0.1, 0.15) is 18.1 Å². The maximum absolute atomic E-state index is 9.12. The minimum Gasteiger partial charge on any atom is -0.344 e. The van der Waals surface area contributed by atoms with E-state index >= 15 is 0 Å². The number of nitrogens with zero attached hydrogens (tertiary/aromatic N) is 2. The molecule has 2 rings (SSSR count). The van der Waals surface area contributed by atoms with E-state index in [4.69, 9.17) is 5.26 Å². The predicted octanol–water partition coefficient (Wildman–Crippen LogP) is 3.89. The first-order chi connectivity index (χ1) is 8.76. The summed E-state index contributed by atoms with van der Waals surface area (Å²) < 4.78 is 0. The van der Waals surface area contributed by atoms with Crippen LogP contribution in [0.4, 0.5) is 11.4 Å². The minimum atomic E-state index is 0.694. The molecule has 0 radical (unpaired) electrons. The smallest absolute Gasteiger partial charge is 0.101 e. The van der Waals surface area contributed by atoms with Crippen LogP contribution in [0.3, 0.4) is 0 Å². The molecular weight excluding hydrogens is 220 g/mol. The van der Waals surface area contributed by atoms with Gasteiger partial charge in [-0.3, -0.25) is 0 Å². The predicted molar refractivity (Wildman–Crippen MR) is 75.0 cm³/mol. The van der Waals surface area contributed by atoms with Crippen molar-refractivity contribution in [2.24, 2.45) is 0 Å². The summed E-state index contributed by atoms with van der Waals surface area (Å²) in [5, 5.41) is 9.12. The number of nitriles is 1. The molecule has 0 fully saturated rings. The standard InChI is InChI=1S/C16H16N2/c1-3-13-8-10-15(11-9-13)18(2)16-7-5-4-6-14(16)12-17/h4-11H,3H2,1-2H3. The van der Waals surface area contributed by atoms with Crippen molar-refractivity contribution in [1.82, 2.24) is 0 Å². The second kappa shape index (κ2) is 5.37. The Morgan fingerprint density at radius 3 is 2.33 bits per heavy atom. The molecule has 0 heterocycles. The van der Waals surface area contributed by atoms with E-state index in [1.807, 2.05) is 36.2 Å². The lowest BCUT2D eigenvalue weighted by atomic mass is 10.1. The van der Waals surface area contributed by atoms with Gasteiger partial charge >= 0.3 is 0 Å². The molecule has 2 aromatic carbocycles. The molecule has 0 aliphatic rings. The van der Waals surface area contributed by atoms with Crippen molar-refractivity contribution in [1.29, 1.82) is 5.26 Å². The second-order valence-corrected chi connectivity index (χ2v) is 4.21. The average Bonchev–Trinajstić information content (AvgIpc) is 2.46. The summed E-state index contributed by atoms with van der Waals surface area (Å²) in [6, 6.07) is 18.3. The van der Waals surface area contributed by atoms with Gasteiger partial charge in [0.15, 0.2) is 0 Å². The van der Waals surface area contributed by atoms with Crippen LogP contribution in [0.15, 0.2) is 48.5 Å². The van der Waals surface area contributed by atoms with E-state index in [0.717, 1.165) is 17.8 Å². The third-order valence-electron chi connectivity index (χ3n) is 3.12. The Bertz CT molecular complexity index is 564. The first kappa shape index (κ1) is 12.2. The highest BCUT2D eigenvalue weighted by molar-refractivity contribution is 5.68. The van der Waals surface area contributed by atoms with Crippen molar-refractivity contribution in [3.63, 3.8) is 0 Å². The topological polar surface area (TPSA) is 27.0 Å². The number of benzene rings is 2. The SMILES string of the molecule is CCc1ccc(N(C)c2ccccc2C#N)cc1. The zero-order chi connectivity index (χ0) is 13.0. The van der Waals surface area contributed by atoms with E-state index in [2.05, 4.69) is 37.3 Å². The van der Waals surface area contributed by atoms with E-state index in [1.54, 1.807) is 0 Å². The fraction of sp³-hybridized carbons (Fsp3) is 0.188. The zero-order valence-corrected chi connectivity index (χ0v) is 10.7. The first-order valence-corrected chi connectivity index (χ1v) is 6.08. The highest BCUT2D eigenvalue weighted by atomic mass is 15.1. The van der Waals surface area contributed by atoms with Gasteiger partial charge < -0.3 is 4.90 Å². The lowest BCUT2D eigenvalue weighted by molar-refractivity contribution is 1.13. The lowest BCUT2D eigenvalue weighted by Gasteiger charge is -2.20. The van der Waals surface area contributed by atoms with Gasteiger partial charge in [0.1, 0.15) is 6.07 Å². The summed E-state index contributed by atoms with van der Waals surface area (Å²) >= 11 is 0. The van der Waals surface area contributed by atoms with Gasteiger partial charge in [-0.15, -0.1) is 0 Å². The lowest BCUT2D eigenvalue weighted by Crippen LogP contribution is -2.10. The Hall–Kier alpha value is -2.27. The number of anilines is 2.